The molecule has 0 saturated carbocycles. The Morgan fingerprint density at radius 1 is 1.00 bits per heavy atom. The molecule has 4 rings (SSSR count). The fraction of sp³-hybridized carbons (Fsp3) is 0.409. The molecular weight excluding hydrogens is 402 g/mol. The molecule has 0 bridgehead atoms. The van der Waals surface area contributed by atoms with E-state index in [1.54, 1.807) is 12.1 Å². The molecule has 1 amide bonds. The van der Waals surface area contributed by atoms with Crippen LogP contribution >= 0.6 is 0 Å². The first kappa shape index (κ1) is 20.8. The molecule has 2 aliphatic heterocycles. The van der Waals surface area contributed by atoms with Gasteiger partial charge in [-0.3, -0.25) is 4.79 Å². The Bertz CT molecular complexity index is 1030. The summed E-state index contributed by atoms with van der Waals surface area (Å²) in [7, 11) is -3.66. The summed E-state index contributed by atoms with van der Waals surface area (Å²) in [6.07, 6.45) is 2.28. The molecule has 2 saturated heterocycles. The van der Waals surface area contributed by atoms with Gasteiger partial charge in [-0.2, -0.15) is 4.31 Å². The summed E-state index contributed by atoms with van der Waals surface area (Å²) in [4.78, 5) is 15.5. The van der Waals surface area contributed by atoms with Crippen LogP contribution in [-0.2, 0) is 14.8 Å². The van der Waals surface area contributed by atoms with Crippen molar-refractivity contribution in [1.82, 2.24) is 4.31 Å². The van der Waals surface area contributed by atoms with Crippen LogP contribution in [0.2, 0.25) is 0 Å². The summed E-state index contributed by atoms with van der Waals surface area (Å²) in [5, 5.41) is 2.99. The van der Waals surface area contributed by atoms with E-state index in [1.807, 2.05) is 31.2 Å². The van der Waals surface area contributed by atoms with Gasteiger partial charge in [0, 0.05) is 31.7 Å². The van der Waals surface area contributed by atoms with Crippen molar-refractivity contribution in [2.45, 2.75) is 24.7 Å². The van der Waals surface area contributed by atoms with Crippen LogP contribution in [0.25, 0.3) is 0 Å². The number of anilines is 2. The Labute approximate surface area is 177 Å². The van der Waals surface area contributed by atoms with Crippen molar-refractivity contribution in [2.24, 2.45) is 0 Å². The standard InChI is InChI=1S/C22H27N3O4S/c1-17-8-9-18(30(27,28)25-12-14-29-15-13-25)16-19(17)22(26)23-20-6-2-3-7-21(20)24-10-4-5-11-24/h2-3,6-9,16H,4-5,10-15H2,1H3,(H,23,26). The zero-order chi connectivity index (χ0) is 21.1. The van der Waals surface area contributed by atoms with E-state index in [4.69, 9.17) is 4.74 Å². The van der Waals surface area contributed by atoms with Crippen LogP contribution in [0, 0.1) is 6.92 Å². The predicted molar refractivity (Wildman–Crippen MR) is 117 cm³/mol. The summed E-state index contributed by atoms with van der Waals surface area (Å²) >= 11 is 0. The normalized spacial score (nSPS) is 17.8. The molecule has 0 spiro atoms. The number of amides is 1. The molecule has 7 nitrogen and oxygen atoms in total. The number of hydrogen-bond donors (Lipinski definition) is 1. The molecule has 2 fully saturated rings. The lowest BCUT2D eigenvalue weighted by molar-refractivity contribution is 0.0730. The second-order valence-corrected chi connectivity index (χ2v) is 9.60. The first-order valence-electron chi connectivity index (χ1n) is 10.3. The van der Waals surface area contributed by atoms with Crippen molar-refractivity contribution in [3.05, 3.63) is 53.6 Å². The highest BCUT2D eigenvalue weighted by molar-refractivity contribution is 7.89. The lowest BCUT2D eigenvalue weighted by Gasteiger charge is -2.26. The number of para-hydroxylation sites is 2. The molecule has 160 valence electrons. The van der Waals surface area contributed by atoms with Gasteiger partial charge >= 0.3 is 0 Å². The SMILES string of the molecule is Cc1ccc(S(=O)(=O)N2CCOCC2)cc1C(=O)Nc1ccccc1N1CCCC1. The number of sulfonamides is 1. The number of nitrogens with zero attached hydrogens (tertiary/aromatic N) is 2. The Hall–Kier alpha value is -2.42. The lowest BCUT2D eigenvalue weighted by Crippen LogP contribution is -2.40. The van der Waals surface area contributed by atoms with E-state index >= 15 is 0 Å². The fourth-order valence-corrected chi connectivity index (χ4v) is 5.38. The highest BCUT2D eigenvalue weighted by atomic mass is 32.2. The number of carbonyl (C=O) groups excluding carboxylic acids is 1. The zero-order valence-electron chi connectivity index (χ0n) is 17.1. The smallest absolute Gasteiger partial charge is 0.256 e. The maximum Gasteiger partial charge on any atom is 0.256 e. The summed E-state index contributed by atoms with van der Waals surface area (Å²) in [5.74, 6) is -0.307. The van der Waals surface area contributed by atoms with E-state index in [1.165, 1.54) is 10.4 Å². The predicted octanol–water partition coefficient (Wildman–Crippen LogP) is 2.87. The number of ether oxygens (including phenoxy) is 1. The molecular formula is C22H27N3O4S. The molecule has 2 heterocycles. The van der Waals surface area contributed by atoms with Crippen LogP contribution in [0.1, 0.15) is 28.8 Å². The summed E-state index contributed by atoms with van der Waals surface area (Å²) in [6, 6.07) is 12.5. The molecule has 0 unspecified atom stereocenters. The minimum Gasteiger partial charge on any atom is -0.379 e. The number of benzene rings is 2. The van der Waals surface area contributed by atoms with Crippen LogP contribution in [0.4, 0.5) is 11.4 Å². The van der Waals surface area contributed by atoms with Crippen LogP contribution in [0.15, 0.2) is 47.4 Å². The largest absolute Gasteiger partial charge is 0.379 e. The lowest BCUT2D eigenvalue weighted by atomic mass is 10.1. The molecule has 2 aromatic rings. The van der Waals surface area contributed by atoms with Gasteiger partial charge in [0.1, 0.15) is 0 Å². The van der Waals surface area contributed by atoms with Gasteiger partial charge in [0.25, 0.3) is 5.91 Å². The minimum atomic E-state index is -3.66. The second-order valence-electron chi connectivity index (χ2n) is 7.66. The Morgan fingerprint density at radius 2 is 1.70 bits per heavy atom. The van der Waals surface area contributed by atoms with E-state index < -0.39 is 10.0 Å². The summed E-state index contributed by atoms with van der Waals surface area (Å²) in [6.45, 7) is 5.16. The number of morpholine rings is 1. The molecule has 1 N–H and O–H groups in total. The maximum absolute atomic E-state index is 13.1. The monoisotopic (exact) mass is 429 g/mol. The van der Waals surface area contributed by atoms with Crippen molar-refractivity contribution in [1.29, 1.82) is 0 Å². The highest BCUT2D eigenvalue weighted by Gasteiger charge is 2.27. The average molecular weight is 430 g/mol. The van der Waals surface area contributed by atoms with Crippen LogP contribution in [0.5, 0.6) is 0 Å². The third kappa shape index (κ3) is 4.21. The quantitative estimate of drug-likeness (QED) is 0.791. The third-order valence-electron chi connectivity index (χ3n) is 5.66. The first-order valence-corrected chi connectivity index (χ1v) is 11.7. The topological polar surface area (TPSA) is 78.9 Å². The summed E-state index contributed by atoms with van der Waals surface area (Å²) in [5.41, 5.74) is 2.83. The first-order chi connectivity index (χ1) is 14.5. The number of hydrogen-bond acceptors (Lipinski definition) is 5. The van der Waals surface area contributed by atoms with E-state index in [0.29, 0.717) is 31.9 Å². The zero-order valence-corrected chi connectivity index (χ0v) is 18.0. The molecule has 8 heteroatoms. The van der Waals surface area contributed by atoms with Crippen LogP contribution in [-0.4, -0.2) is 58.0 Å². The number of rotatable bonds is 5. The van der Waals surface area contributed by atoms with Crippen molar-refractivity contribution < 1.29 is 17.9 Å². The van der Waals surface area contributed by atoms with Crippen molar-refractivity contribution in [2.75, 3.05) is 49.6 Å². The van der Waals surface area contributed by atoms with Crippen molar-refractivity contribution >= 4 is 27.3 Å². The molecule has 2 aliphatic rings. The van der Waals surface area contributed by atoms with E-state index in [2.05, 4.69) is 10.2 Å². The van der Waals surface area contributed by atoms with Gasteiger partial charge in [0.15, 0.2) is 0 Å². The van der Waals surface area contributed by atoms with E-state index in [0.717, 1.165) is 42.9 Å². The van der Waals surface area contributed by atoms with Gasteiger partial charge in [0.05, 0.1) is 29.5 Å². The van der Waals surface area contributed by atoms with E-state index in [9.17, 15) is 13.2 Å². The van der Waals surface area contributed by atoms with Gasteiger partial charge in [-0.1, -0.05) is 18.2 Å². The Morgan fingerprint density at radius 3 is 2.43 bits per heavy atom. The van der Waals surface area contributed by atoms with E-state index in [-0.39, 0.29) is 10.8 Å². The van der Waals surface area contributed by atoms with Gasteiger partial charge in [-0.15, -0.1) is 0 Å². The van der Waals surface area contributed by atoms with Crippen LogP contribution in [0.3, 0.4) is 0 Å². The molecule has 0 radical (unpaired) electrons. The third-order valence-corrected chi connectivity index (χ3v) is 7.56. The Balaban J connectivity index is 1.60. The van der Waals surface area contributed by atoms with Crippen molar-refractivity contribution in [3.63, 3.8) is 0 Å². The highest BCUT2D eigenvalue weighted by Crippen LogP contribution is 2.29. The Kier molecular flexibility index (Phi) is 6.08. The average Bonchev–Trinajstić information content (AvgIpc) is 3.29. The fourth-order valence-electron chi connectivity index (χ4n) is 3.95. The van der Waals surface area contributed by atoms with Gasteiger partial charge in [0.2, 0.25) is 10.0 Å². The van der Waals surface area contributed by atoms with Gasteiger partial charge in [-0.05, 0) is 49.6 Å². The number of carbonyl (C=O) groups is 1. The molecule has 2 aromatic carbocycles. The van der Waals surface area contributed by atoms with Crippen molar-refractivity contribution in [3.8, 4) is 0 Å². The van der Waals surface area contributed by atoms with Gasteiger partial charge < -0.3 is 15.0 Å². The van der Waals surface area contributed by atoms with Gasteiger partial charge in [-0.25, -0.2) is 8.42 Å². The molecule has 0 aliphatic carbocycles. The molecule has 0 aromatic heterocycles. The molecule has 30 heavy (non-hydrogen) atoms. The minimum absolute atomic E-state index is 0.132. The molecule has 0 atom stereocenters. The second kappa shape index (κ2) is 8.75. The maximum atomic E-state index is 13.1. The van der Waals surface area contributed by atoms with Crippen LogP contribution < -0.4 is 10.2 Å². The number of nitrogens with one attached hydrogen (secondary N) is 1. The summed E-state index contributed by atoms with van der Waals surface area (Å²) < 4.78 is 32.6. The number of aryl methyl sites for hydroxylation is 1.